The summed E-state index contributed by atoms with van der Waals surface area (Å²) in [5, 5.41) is 9.02. The Bertz CT molecular complexity index is 531. The highest BCUT2D eigenvalue weighted by Crippen LogP contribution is 2.29. The molecule has 3 atom stereocenters. The number of ether oxygens (including phenoxy) is 1. The van der Waals surface area contributed by atoms with Crippen molar-refractivity contribution in [1.29, 1.82) is 0 Å². The maximum atomic E-state index is 12.3. The lowest BCUT2D eigenvalue weighted by atomic mass is 10.2. The number of hydrogen-bond donors (Lipinski definition) is 2. The van der Waals surface area contributed by atoms with E-state index in [2.05, 4.69) is 9.93 Å². The number of aliphatic hydroxyl groups is 1. The molecule has 0 saturated carbocycles. The molecule has 2 N–H and O–H groups in total. The highest BCUT2D eigenvalue weighted by Gasteiger charge is 2.38. The molecule has 6 nitrogen and oxygen atoms in total. The molecule has 1 aromatic rings. The third kappa shape index (κ3) is 2.37. The minimum absolute atomic E-state index is 0.145. The van der Waals surface area contributed by atoms with Crippen molar-refractivity contribution < 1.29 is 19.3 Å². The lowest BCUT2D eigenvalue weighted by molar-refractivity contribution is -0.197. The second-order valence-corrected chi connectivity index (χ2v) is 4.56. The smallest absolute Gasteiger partial charge is 0.328 e. The number of aliphatic hydroxyl groups excluding tert-OH is 1. The first kappa shape index (κ1) is 13.3. The van der Waals surface area contributed by atoms with Gasteiger partial charge in [-0.2, -0.15) is 4.94 Å². The van der Waals surface area contributed by atoms with Crippen molar-refractivity contribution in [3.8, 4) is 0 Å². The Balaban J connectivity index is 2.31. The standard InChI is InChI=1S/C10H13FN2O4S/c1-5-3-13(10(15)12-9(5)18)8-2-6(17-11)7(4-14)16-8/h3,6-8,14H,2,4H2,1H3,(H,12,15,18)/t6?,7-,8-/m1/s1. The average Bonchev–Trinajstić information content (AvgIpc) is 2.76. The summed E-state index contributed by atoms with van der Waals surface area (Å²) in [6, 6.07) is 0. The van der Waals surface area contributed by atoms with E-state index in [0.717, 1.165) is 0 Å². The third-order valence-corrected chi connectivity index (χ3v) is 3.36. The summed E-state index contributed by atoms with van der Waals surface area (Å²) < 4.78 is 19.3. The number of H-pyrrole nitrogens is 1. The fourth-order valence-corrected chi connectivity index (χ4v) is 2.07. The first-order valence-corrected chi connectivity index (χ1v) is 5.83. The van der Waals surface area contributed by atoms with Gasteiger partial charge in [0, 0.05) is 18.2 Å². The topological polar surface area (TPSA) is 76.5 Å². The van der Waals surface area contributed by atoms with Crippen molar-refractivity contribution in [3.05, 3.63) is 26.9 Å². The van der Waals surface area contributed by atoms with Crippen LogP contribution in [0.1, 0.15) is 18.2 Å². The monoisotopic (exact) mass is 276 g/mol. The third-order valence-electron chi connectivity index (χ3n) is 2.93. The Hall–Kier alpha value is -1.09. The average molecular weight is 276 g/mol. The summed E-state index contributed by atoms with van der Waals surface area (Å²) in [7, 11) is 0. The van der Waals surface area contributed by atoms with Crippen molar-refractivity contribution in [3.63, 3.8) is 0 Å². The Morgan fingerprint density at radius 3 is 3.06 bits per heavy atom. The summed E-state index contributed by atoms with van der Waals surface area (Å²) in [6.07, 6.45) is -0.654. The highest BCUT2D eigenvalue weighted by molar-refractivity contribution is 7.71. The zero-order valence-electron chi connectivity index (χ0n) is 9.63. The van der Waals surface area contributed by atoms with E-state index in [4.69, 9.17) is 22.1 Å². The molecule has 1 fully saturated rings. The number of aromatic amines is 1. The van der Waals surface area contributed by atoms with E-state index in [1.54, 1.807) is 13.1 Å². The fourth-order valence-electron chi connectivity index (χ4n) is 1.93. The fraction of sp³-hybridized carbons (Fsp3) is 0.600. The minimum Gasteiger partial charge on any atom is -0.394 e. The van der Waals surface area contributed by atoms with Crippen LogP contribution in [0.25, 0.3) is 0 Å². The van der Waals surface area contributed by atoms with Gasteiger partial charge in [-0.25, -0.2) is 4.79 Å². The van der Waals surface area contributed by atoms with Gasteiger partial charge < -0.3 is 9.84 Å². The molecular formula is C10H13FN2O4S. The normalized spacial score (nSPS) is 27.6. The molecule has 1 saturated heterocycles. The molecule has 0 bridgehead atoms. The summed E-state index contributed by atoms with van der Waals surface area (Å²) in [5.41, 5.74) is 0.269. The highest BCUT2D eigenvalue weighted by atomic mass is 32.1. The van der Waals surface area contributed by atoms with Crippen LogP contribution in [-0.2, 0) is 9.68 Å². The SMILES string of the molecule is Cc1cn([C@H]2CC(OF)[C@@H](CO)O2)c(=O)[nH]c1=S. The lowest BCUT2D eigenvalue weighted by Crippen LogP contribution is -2.28. The number of rotatable bonds is 3. The molecule has 18 heavy (non-hydrogen) atoms. The molecular weight excluding hydrogens is 263 g/mol. The second-order valence-electron chi connectivity index (χ2n) is 4.15. The number of aryl methyl sites for hydroxylation is 1. The van der Waals surface area contributed by atoms with Crippen molar-refractivity contribution in [2.24, 2.45) is 0 Å². The van der Waals surface area contributed by atoms with Gasteiger partial charge in [-0.3, -0.25) is 9.55 Å². The van der Waals surface area contributed by atoms with Gasteiger partial charge >= 0.3 is 5.69 Å². The van der Waals surface area contributed by atoms with Crippen molar-refractivity contribution in [2.75, 3.05) is 6.61 Å². The Kier molecular flexibility index (Phi) is 3.91. The number of nitrogens with zero attached hydrogens (tertiary/aromatic N) is 1. The van der Waals surface area contributed by atoms with Crippen molar-refractivity contribution in [2.45, 2.75) is 31.8 Å². The molecule has 8 heteroatoms. The number of hydrogen-bond acceptors (Lipinski definition) is 5. The first-order valence-electron chi connectivity index (χ1n) is 5.42. The van der Waals surface area contributed by atoms with Crippen molar-refractivity contribution >= 4 is 12.2 Å². The molecule has 0 radical (unpaired) electrons. The quantitative estimate of drug-likeness (QED) is 0.797. The zero-order valence-corrected chi connectivity index (χ0v) is 10.4. The Labute approximate surface area is 107 Å². The van der Waals surface area contributed by atoms with Crippen LogP contribution < -0.4 is 5.69 Å². The van der Waals surface area contributed by atoms with Gasteiger partial charge in [0.05, 0.1) is 6.61 Å². The van der Waals surface area contributed by atoms with Crippen molar-refractivity contribution in [1.82, 2.24) is 9.55 Å². The van der Waals surface area contributed by atoms with E-state index >= 15 is 0 Å². The molecule has 1 aliphatic heterocycles. The second kappa shape index (κ2) is 5.27. The first-order chi connectivity index (χ1) is 8.56. The van der Waals surface area contributed by atoms with Crippen LogP contribution in [-0.4, -0.2) is 33.5 Å². The maximum absolute atomic E-state index is 12.3. The predicted molar refractivity (Wildman–Crippen MR) is 62.2 cm³/mol. The number of nitrogens with one attached hydrogen (secondary N) is 1. The van der Waals surface area contributed by atoms with Crippen LogP contribution >= 0.6 is 12.2 Å². The van der Waals surface area contributed by atoms with Crippen LogP contribution in [0.5, 0.6) is 0 Å². The largest absolute Gasteiger partial charge is 0.394 e. The van der Waals surface area contributed by atoms with Gasteiger partial charge in [-0.15, -0.1) is 0 Å². The maximum Gasteiger partial charge on any atom is 0.328 e. The molecule has 2 heterocycles. The van der Waals surface area contributed by atoms with E-state index in [0.29, 0.717) is 10.2 Å². The van der Waals surface area contributed by atoms with Crippen LogP contribution in [0.2, 0.25) is 0 Å². The molecule has 1 aliphatic rings. The van der Waals surface area contributed by atoms with Gasteiger partial charge in [-0.1, -0.05) is 12.2 Å². The molecule has 0 spiro atoms. The van der Waals surface area contributed by atoms with E-state index in [1.165, 1.54) is 4.57 Å². The molecule has 0 aromatic carbocycles. The molecule has 0 amide bonds. The van der Waals surface area contributed by atoms with E-state index in [-0.39, 0.29) is 13.0 Å². The summed E-state index contributed by atoms with van der Waals surface area (Å²) in [4.78, 5) is 18.0. The van der Waals surface area contributed by atoms with E-state index < -0.39 is 24.1 Å². The van der Waals surface area contributed by atoms with E-state index in [1.807, 2.05) is 0 Å². The Morgan fingerprint density at radius 1 is 1.78 bits per heavy atom. The summed E-state index contributed by atoms with van der Waals surface area (Å²) >= 11 is 4.93. The van der Waals surface area contributed by atoms with Crippen LogP contribution in [0.15, 0.2) is 11.0 Å². The minimum atomic E-state index is -0.879. The van der Waals surface area contributed by atoms with Crippen LogP contribution in [0.3, 0.4) is 0 Å². The molecule has 2 rings (SSSR count). The van der Waals surface area contributed by atoms with Gasteiger partial charge in [0.15, 0.2) is 0 Å². The van der Waals surface area contributed by atoms with Gasteiger partial charge in [0.1, 0.15) is 23.1 Å². The van der Waals surface area contributed by atoms with E-state index in [9.17, 15) is 9.32 Å². The van der Waals surface area contributed by atoms with Crippen LogP contribution in [0.4, 0.5) is 4.53 Å². The predicted octanol–water partition coefficient (Wildman–Crippen LogP) is 0.764. The van der Waals surface area contributed by atoms with Gasteiger partial charge in [0.25, 0.3) is 0 Å². The molecule has 1 aromatic heterocycles. The Morgan fingerprint density at radius 2 is 2.50 bits per heavy atom. The zero-order chi connectivity index (χ0) is 13.3. The summed E-state index contributed by atoms with van der Waals surface area (Å²) in [5.74, 6) is 0. The summed E-state index contributed by atoms with van der Waals surface area (Å²) in [6.45, 7) is 1.37. The number of aromatic nitrogens is 2. The van der Waals surface area contributed by atoms with Gasteiger partial charge in [0.2, 0.25) is 0 Å². The lowest BCUT2D eigenvalue weighted by Gasteiger charge is -2.14. The van der Waals surface area contributed by atoms with Crippen LogP contribution in [0, 0.1) is 11.6 Å². The molecule has 0 aliphatic carbocycles. The number of halogens is 1. The molecule has 100 valence electrons. The van der Waals surface area contributed by atoms with Gasteiger partial charge in [-0.05, 0) is 11.4 Å². The molecule has 1 unspecified atom stereocenters.